The lowest BCUT2D eigenvalue weighted by atomic mass is 10.1. The van der Waals surface area contributed by atoms with Gasteiger partial charge in [0.1, 0.15) is 17.2 Å². The Hall–Kier alpha value is -3.19. The zero-order valence-corrected chi connectivity index (χ0v) is 15.0. The number of nitrogens with zero attached hydrogens (tertiary/aromatic N) is 2. The average Bonchev–Trinajstić information content (AvgIpc) is 3.07. The molecule has 4 rings (SSSR count). The van der Waals surface area contributed by atoms with Crippen LogP contribution < -0.4 is 0 Å². The first-order valence-electron chi connectivity index (χ1n) is 8.99. The van der Waals surface area contributed by atoms with Crippen molar-refractivity contribution in [2.75, 3.05) is 19.6 Å². The number of carbonyl (C=O) groups excluding carboxylic acids is 1. The molecule has 0 unspecified atom stereocenters. The summed E-state index contributed by atoms with van der Waals surface area (Å²) in [5.74, 6) is -1.30. The molecule has 1 fully saturated rings. The van der Waals surface area contributed by atoms with Crippen LogP contribution in [-0.2, 0) is 16.1 Å². The van der Waals surface area contributed by atoms with Crippen LogP contribution in [0.3, 0.4) is 0 Å². The lowest BCUT2D eigenvalue weighted by Crippen LogP contribution is -2.52. The Kier molecular flexibility index (Phi) is 4.83. The Balaban J connectivity index is 1.51. The number of aliphatic carboxylic acids is 1. The minimum atomic E-state index is -1.06. The van der Waals surface area contributed by atoms with Gasteiger partial charge < -0.3 is 14.4 Å². The van der Waals surface area contributed by atoms with Crippen molar-refractivity contribution in [2.24, 2.45) is 0 Å². The van der Waals surface area contributed by atoms with Crippen molar-refractivity contribution in [3.8, 4) is 0 Å². The van der Waals surface area contributed by atoms with Gasteiger partial charge in [-0.2, -0.15) is 0 Å². The summed E-state index contributed by atoms with van der Waals surface area (Å²) in [6, 6.07) is 14.1. The number of fused-ring (bicyclic) bond motifs is 1. The summed E-state index contributed by atoms with van der Waals surface area (Å²) in [5, 5.41) is 10.6. The van der Waals surface area contributed by atoms with E-state index in [1.54, 1.807) is 34.1 Å². The molecule has 1 aliphatic rings. The molecule has 1 amide bonds. The number of piperazine rings is 1. The number of benzene rings is 2. The van der Waals surface area contributed by atoms with Gasteiger partial charge in [-0.1, -0.05) is 30.3 Å². The Morgan fingerprint density at radius 3 is 2.68 bits per heavy atom. The zero-order valence-electron chi connectivity index (χ0n) is 15.0. The standard InChI is InChI=1S/C21H19FN2O4/c22-16-6-3-4-14(10-16)12-23-8-9-24(13-19(23)25)20(21(26)27)18-11-15-5-1-2-7-17(15)28-18/h1-7,10-11,20H,8-9,12-13H2,(H,26,27)/t20-/m0/s1. The summed E-state index contributed by atoms with van der Waals surface area (Å²) in [4.78, 5) is 27.7. The maximum atomic E-state index is 13.4. The van der Waals surface area contributed by atoms with Gasteiger partial charge in [-0.25, -0.2) is 4.39 Å². The number of carboxylic acids is 1. The van der Waals surface area contributed by atoms with Crippen LogP contribution in [0, 0.1) is 5.82 Å². The minimum absolute atomic E-state index is 0.0384. The average molecular weight is 382 g/mol. The monoisotopic (exact) mass is 382 g/mol. The van der Waals surface area contributed by atoms with E-state index in [9.17, 15) is 19.1 Å². The molecule has 0 saturated carbocycles. The van der Waals surface area contributed by atoms with E-state index in [2.05, 4.69) is 0 Å². The van der Waals surface area contributed by atoms with E-state index in [1.807, 2.05) is 18.2 Å². The number of furan rings is 1. The molecule has 6 nitrogen and oxygen atoms in total. The molecule has 1 aliphatic heterocycles. The summed E-state index contributed by atoms with van der Waals surface area (Å²) in [7, 11) is 0. The van der Waals surface area contributed by atoms with Gasteiger partial charge >= 0.3 is 5.97 Å². The number of carbonyl (C=O) groups is 2. The first-order valence-corrected chi connectivity index (χ1v) is 8.99. The SMILES string of the molecule is O=C(O)[C@H](c1cc2ccccc2o1)N1CCN(Cc2cccc(F)c2)C(=O)C1. The maximum absolute atomic E-state index is 13.4. The van der Waals surface area contributed by atoms with E-state index < -0.39 is 12.0 Å². The molecule has 1 saturated heterocycles. The fourth-order valence-electron chi connectivity index (χ4n) is 3.56. The smallest absolute Gasteiger partial charge is 0.328 e. The summed E-state index contributed by atoms with van der Waals surface area (Å²) in [6.45, 7) is 1.00. The second-order valence-electron chi connectivity index (χ2n) is 6.84. The number of para-hydroxylation sites is 1. The Morgan fingerprint density at radius 1 is 1.14 bits per heavy atom. The van der Waals surface area contributed by atoms with Gasteiger partial charge in [0, 0.05) is 25.0 Å². The van der Waals surface area contributed by atoms with E-state index in [0.29, 0.717) is 36.5 Å². The third-order valence-corrected chi connectivity index (χ3v) is 4.92. The topological polar surface area (TPSA) is 74.0 Å². The summed E-state index contributed by atoms with van der Waals surface area (Å²) in [6.07, 6.45) is 0. The van der Waals surface area contributed by atoms with Gasteiger partial charge in [0.05, 0.1) is 6.54 Å². The highest BCUT2D eigenvalue weighted by atomic mass is 19.1. The van der Waals surface area contributed by atoms with Crippen LogP contribution in [0.2, 0.25) is 0 Å². The van der Waals surface area contributed by atoms with Crippen molar-refractivity contribution < 1.29 is 23.5 Å². The van der Waals surface area contributed by atoms with Crippen LogP contribution in [0.1, 0.15) is 17.4 Å². The van der Waals surface area contributed by atoms with Crippen molar-refractivity contribution in [3.63, 3.8) is 0 Å². The Bertz CT molecular complexity index is 999. The van der Waals surface area contributed by atoms with E-state index in [0.717, 1.165) is 5.39 Å². The molecule has 0 spiro atoms. The van der Waals surface area contributed by atoms with Gasteiger partial charge in [0.2, 0.25) is 5.91 Å². The van der Waals surface area contributed by atoms with Gasteiger partial charge in [0.25, 0.3) is 0 Å². The van der Waals surface area contributed by atoms with Crippen molar-refractivity contribution in [1.29, 1.82) is 0 Å². The number of amides is 1. The first-order chi connectivity index (χ1) is 13.5. The first kappa shape index (κ1) is 18.2. The molecule has 7 heteroatoms. The molecule has 1 atom stereocenters. The van der Waals surface area contributed by atoms with Crippen LogP contribution in [0.4, 0.5) is 4.39 Å². The zero-order chi connectivity index (χ0) is 19.7. The predicted molar refractivity (Wildman–Crippen MR) is 100.0 cm³/mol. The fraction of sp³-hybridized carbons (Fsp3) is 0.238. The van der Waals surface area contributed by atoms with E-state index >= 15 is 0 Å². The molecule has 3 aromatic rings. The second kappa shape index (κ2) is 7.44. The lowest BCUT2D eigenvalue weighted by Gasteiger charge is -2.36. The number of hydrogen-bond donors (Lipinski definition) is 1. The third-order valence-electron chi connectivity index (χ3n) is 4.92. The quantitative estimate of drug-likeness (QED) is 0.734. The molecule has 2 heterocycles. The Morgan fingerprint density at radius 2 is 1.96 bits per heavy atom. The van der Waals surface area contributed by atoms with E-state index in [4.69, 9.17) is 4.42 Å². The van der Waals surface area contributed by atoms with Gasteiger partial charge in [-0.3, -0.25) is 14.5 Å². The molecule has 144 valence electrons. The van der Waals surface area contributed by atoms with E-state index in [-0.39, 0.29) is 18.3 Å². The third kappa shape index (κ3) is 3.61. The predicted octanol–water partition coefficient (Wildman–Crippen LogP) is 3.04. The number of rotatable bonds is 5. The molecule has 1 aromatic heterocycles. The molecular weight excluding hydrogens is 363 g/mol. The molecule has 2 aromatic carbocycles. The number of hydrogen-bond acceptors (Lipinski definition) is 4. The largest absolute Gasteiger partial charge is 0.480 e. The van der Waals surface area contributed by atoms with Crippen LogP contribution >= 0.6 is 0 Å². The fourth-order valence-corrected chi connectivity index (χ4v) is 3.56. The molecule has 1 N–H and O–H groups in total. The Labute approximate surface area is 160 Å². The van der Waals surface area contributed by atoms with Crippen LogP contribution in [0.25, 0.3) is 11.0 Å². The normalized spacial score (nSPS) is 16.5. The van der Waals surface area contributed by atoms with Crippen molar-refractivity contribution in [3.05, 3.63) is 71.7 Å². The molecule has 28 heavy (non-hydrogen) atoms. The van der Waals surface area contributed by atoms with Crippen molar-refractivity contribution >= 4 is 22.8 Å². The van der Waals surface area contributed by atoms with Crippen molar-refractivity contribution in [2.45, 2.75) is 12.6 Å². The molecular formula is C21H19FN2O4. The van der Waals surface area contributed by atoms with Gasteiger partial charge in [0.15, 0.2) is 6.04 Å². The van der Waals surface area contributed by atoms with Crippen LogP contribution in [0.15, 0.2) is 59.0 Å². The summed E-state index contributed by atoms with van der Waals surface area (Å²) < 4.78 is 19.1. The number of halogens is 1. The minimum Gasteiger partial charge on any atom is -0.480 e. The molecule has 0 bridgehead atoms. The highest BCUT2D eigenvalue weighted by Gasteiger charge is 2.35. The lowest BCUT2D eigenvalue weighted by molar-refractivity contribution is -0.148. The second-order valence-corrected chi connectivity index (χ2v) is 6.84. The number of carboxylic acid groups (broad SMARTS) is 1. The van der Waals surface area contributed by atoms with Crippen molar-refractivity contribution in [1.82, 2.24) is 9.80 Å². The highest BCUT2D eigenvalue weighted by molar-refractivity contribution is 5.83. The maximum Gasteiger partial charge on any atom is 0.328 e. The summed E-state index contributed by atoms with van der Waals surface area (Å²) >= 11 is 0. The van der Waals surface area contributed by atoms with Gasteiger partial charge in [-0.05, 0) is 29.8 Å². The summed E-state index contributed by atoms with van der Waals surface area (Å²) in [5.41, 5.74) is 1.31. The highest BCUT2D eigenvalue weighted by Crippen LogP contribution is 2.29. The van der Waals surface area contributed by atoms with Crippen LogP contribution in [-0.4, -0.2) is 46.4 Å². The van der Waals surface area contributed by atoms with E-state index in [1.165, 1.54) is 12.1 Å². The van der Waals surface area contributed by atoms with Crippen LogP contribution in [0.5, 0.6) is 0 Å². The molecule has 0 radical (unpaired) electrons. The van der Waals surface area contributed by atoms with Gasteiger partial charge in [-0.15, -0.1) is 0 Å². The molecule has 0 aliphatic carbocycles.